The minimum absolute atomic E-state index is 0.245. The van der Waals surface area contributed by atoms with Crippen LogP contribution in [0.2, 0.25) is 0 Å². The zero-order valence-electron chi connectivity index (χ0n) is 8.42. The molecule has 0 radical (unpaired) electrons. The highest BCUT2D eigenvalue weighted by Crippen LogP contribution is 2.21. The molecule has 2 rings (SSSR count). The predicted molar refractivity (Wildman–Crippen MR) is 62.7 cm³/mol. The minimum atomic E-state index is -0.387. The Morgan fingerprint density at radius 1 is 1.38 bits per heavy atom. The molecule has 0 saturated heterocycles. The van der Waals surface area contributed by atoms with Gasteiger partial charge in [-0.15, -0.1) is 0 Å². The van der Waals surface area contributed by atoms with Gasteiger partial charge < -0.3 is 4.98 Å². The van der Waals surface area contributed by atoms with Crippen molar-refractivity contribution in [3.05, 3.63) is 50.6 Å². The molecule has 0 fully saturated rings. The van der Waals surface area contributed by atoms with Gasteiger partial charge in [0.05, 0.1) is 4.47 Å². The van der Waals surface area contributed by atoms with Crippen molar-refractivity contribution >= 4 is 15.9 Å². The number of H-pyrrole nitrogens is 1. The van der Waals surface area contributed by atoms with Gasteiger partial charge >= 0.3 is 0 Å². The van der Waals surface area contributed by atoms with E-state index in [4.69, 9.17) is 0 Å². The molecule has 0 aliphatic rings. The first-order chi connectivity index (χ1) is 7.56. The third-order valence-corrected chi connectivity index (χ3v) is 2.71. The summed E-state index contributed by atoms with van der Waals surface area (Å²) in [6.45, 7) is 1.72. The van der Waals surface area contributed by atoms with Gasteiger partial charge in [-0.1, -0.05) is 0 Å². The Labute approximate surface area is 99.5 Å². The predicted octanol–water partition coefficient (Wildman–Crippen LogP) is 2.65. The summed E-state index contributed by atoms with van der Waals surface area (Å²) in [5.74, 6) is -0.0157. The fraction of sp³-hybridized carbons (Fsp3) is 0.0909. The summed E-state index contributed by atoms with van der Waals surface area (Å²) in [6, 6.07) is 5.97. The van der Waals surface area contributed by atoms with Gasteiger partial charge in [0.2, 0.25) is 0 Å². The van der Waals surface area contributed by atoms with Crippen molar-refractivity contribution < 1.29 is 4.39 Å². The van der Waals surface area contributed by atoms with Crippen LogP contribution in [0.1, 0.15) is 5.69 Å². The highest BCUT2D eigenvalue weighted by Gasteiger charge is 2.05. The molecule has 0 aliphatic heterocycles. The first kappa shape index (κ1) is 11.0. The Hall–Kier alpha value is -1.49. The van der Waals surface area contributed by atoms with Crippen LogP contribution in [-0.4, -0.2) is 9.97 Å². The summed E-state index contributed by atoms with van der Waals surface area (Å²) in [7, 11) is 0. The zero-order valence-corrected chi connectivity index (χ0v) is 10.0. The van der Waals surface area contributed by atoms with Crippen molar-refractivity contribution in [1.29, 1.82) is 0 Å². The van der Waals surface area contributed by atoms with Crippen LogP contribution in [0.4, 0.5) is 4.39 Å². The number of hydrogen-bond donors (Lipinski definition) is 1. The van der Waals surface area contributed by atoms with Gasteiger partial charge in [-0.3, -0.25) is 4.79 Å². The second-order valence-corrected chi connectivity index (χ2v) is 4.22. The minimum Gasteiger partial charge on any atom is -0.307 e. The maximum absolute atomic E-state index is 13.3. The Bertz CT molecular complexity index is 595. The molecular weight excluding hydrogens is 275 g/mol. The van der Waals surface area contributed by atoms with Gasteiger partial charge in [-0.05, 0) is 41.1 Å². The number of aryl methyl sites for hydroxylation is 1. The lowest BCUT2D eigenvalue weighted by molar-refractivity contribution is 0.621. The number of nitrogens with one attached hydrogen (secondary N) is 1. The standard InChI is InChI=1S/C11H8BrFN2O/c1-6-4-10(16)15-11(14-6)7-2-3-8(12)9(13)5-7/h2-5H,1H3,(H,14,15,16). The monoisotopic (exact) mass is 282 g/mol. The fourth-order valence-electron chi connectivity index (χ4n) is 1.36. The van der Waals surface area contributed by atoms with E-state index in [0.717, 1.165) is 0 Å². The van der Waals surface area contributed by atoms with Crippen LogP contribution < -0.4 is 5.56 Å². The molecule has 0 spiro atoms. The number of hydrogen-bond acceptors (Lipinski definition) is 2. The second kappa shape index (κ2) is 4.17. The highest BCUT2D eigenvalue weighted by molar-refractivity contribution is 9.10. The molecule has 0 unspecified atom stereocenters. The molecule has 1 aromatic carbocycles. The van der Waals surface area contributed by atoms with Crippen molar-refractivity contribution in [2.24, 2.45) is 0 Å². The van der Waals surface area contributed by atoms with Crippen molar-refractivity contribution in [2.75, 3.05) is 0 Å². The molecule has 0 aliphatic carbocycles. The average molecular weight is 283 g/mol. The summed E-state index contributed by atoms with van der Waals surface area (Å²) in [4.78, 5) is 17.9. The molecule has 0 atom stereocenters. The van der Waals surface area contributed by atoms with Gasteiger partial charge in [-0.25, -0.2) is 9.37 Å². The van der Waals surface area contributed by atoms with E-state index in [0.29, 0.717) is 21.6 Å². The van der Waals surface area contributed by atoms with E-state index < -0.39 is 0 Å². The Morgan fingerprint density at radius 2 is 2.12 bits per heavy atom. The molecule has 3 nitrogen and oxygen atoms in total. The van der Waals surface area contributed by atoms with E-state index in [1.807, 2.05) is 0 Å². The van der Waals surface area contributed by atoms with E-state index in [2.05, 4.69) is 25.9 Å². The molecule has 5 heteroatoms. The Morgan fingerprint density at radius 3 is 2.75 bits per heavy atom. The van der Waals surface area contributed by atoms with Crippen molar-refractivity contribution in [1.82, 2.24) is 9.97 Å². The van der Waals surface area contributed by atoms with Gasteiger partial charge in [-0.2, -0.15) is 0 Å². The lowest BCUT2D eigenvalue weighted by Crippen LogP contribution is -2.08. The summed E-state index contributed by atoms with van der Waals surface area (Å²) in [5, 5.41) is 0. The Kier molecular flexibility index (Phi) is 2.87. The first-order valence-electron chi connectivity index (χ1n) is 4.59. The number of benzene rings is 1. The van der Waals surface area contributed by atoms with E-state index in [1.165, 1.54) is 12.1 Å². The summed E-state index contributed by atoms with van der Waals surface area (Å²) < 4.78 is 13.7. The third kappa shape index (κ3) is 2.19. The van der Waals surface area contributed by atoms with Gasteiger partial charge in [0.1, 0.15) is 11.6 Å². The van der Waals surface area contributed by atoms with Crippen LogP contribution in [0, 0.1) is 12.7 Å². The normalized spacial score (nSPS) is 10.4. The largest absolute Gasteiger partial charge is 0.307 e. The van der Waals surface area contributed by atoms with E-state index in [9.17, 15) is 9.18 Å². The SMILES string of the molecule is Cc1cc(=O)[nH]c(-c2ccc(Br)c(F)c2)n1. The molecule has 0 amide bonds. The van der Waals surface area contributed by atoms with Crippen molar-refractivity contribution in [2.45, 2.75) is 6.92 Å². The molecule has 0 bridgehead atoms. The van der Waals surface area contributed by atoms with Crippen LogP contribution in [0.3, 0.4) is 0 Å². The molecule has 1 aromatic heterocycles. The second-order valence-electron chi connectivity index (χ2n) is 3.36. The van der Waals surface area contributed by atoms with Gasteiger partial charge in [0, 0.05) is 17.3 Å². The van der Waals surface area contributed by atoms with Crippen LogP contribution in [0.25, 0.3) is 11.4 Å². The Balaban J connectivity index is 2.58. The van der Waals surface area contributed by atoms with E-state index >= 15 is 0 Å². The topological polar surface area (TPSA) is 45.8 Å². The molecule has 0 saturated carbocycles. The van der Waals surface area contributed by atoms with Gasteiger partial charge in [0.25, 0.3) is 5.56 Å². The maximum Gasteiger partial charge on any atom is 0.251 e. The molecule has 16 heavy (non-hydrogen) atoms. The van der Waals surface area contributed by atoms with Crippen molar-refractivity contribution in [3.63, 3.8) is 0 Å². The number of rotatable bonds is 1. The number of aromatic amines is 1. The van der Waals surface area contributed by atoms with E-state index in [-0.39, 0.29) is 11.4 Å². The molecule has 2 aromatic rings. The van der Waals surface area contributed by atoms with Crippen LogP contribution in [-0.2, 0) is 0 Å². The molecule has 1 N–H and O–H groups in total. The average Bonchev–Trinajstić information content (AvgIpc) is 2.20. The maximum atomic E-state index is 13.3. The number of aromatic nitrogens is 2. The summed E-state index contributed by atoms with van der Waals surface area (Å²) in [6.07, 6.45) is 0. The molecule has 1 heterocycles. The van der Waals surface area contributed by atoms with E-state index in [1.54, 1.807) is 19.1 Å². The van der Waals surface area contributed by atoms with Crippen LogP contribution in [0.5, 0.6) is 0 Å². The van der Waals surface area contributed by atoms with Crippen LogP contribution >= 0.6 is 15.9 Å². The van der Waals surface area contributed by atoms with Crippen molar-refractivity contribution in [3.8, 4) is 11.4 Å². The first-order valence-corrected chi connectivity index (χ1v) is 5.39. The van der Waals surface area contributed by atoms with Gasteiger partial charge in [0.15, 0.2) is 0 Å². The lowest BCUT2D eigenvalue weighted by atomic mass is 10.2. The molecule has 82 valence electrons. The zero-order chi connectivity index (χ0) is 11.7. The summed E-state index contributed by atoms with van der Waals surface area (Å²) in [5.41, 5.74) is 0.898. The quantitative estimate of drug-likeness (QED) is 0.874. The smallest absolute Gasteiger partial charge is 0.251 e. The number of nitrogens with zero attached hydrogens (tertiary/aromatic N) is 1. The summed E-state index contributed by atoms with van der Waals surface area (Å²) >= 11 is 3.06. The number of halogens is 2. The molecular formula is C11H8BrFN2O. The third-order valence-electron chi connectivity index (χ3n) is 2.06. The fourth-order valence-corrected chi connectivity index (χ4v) is 1.61. The highest BCUT2D eigenvalue weighted by atomic mass is 79.9. The lowest BCUT2D eigenvalue weighted by Gasteiger charge is -2.02. The van der Waals surface area contributed by atoms with Crippen LogP contribution in [0.15, 0.2) is 33.5 Å².